The monoisotopic (exact) mass is 335 g/mol. The molecule has 0 saturated heterocycles. The predicted octanol–water partition coefficient (Wildman–Crippen LogP) is 3.20. The fraction of sp³-hybridized carbons (Fsp3) is 0.579. The van der Waals surface area contributed by atoms with Crippen LogP contribution in [0.4, 0.5) is 0 Å². The lowest BCUT2D eigenvalue weighted by molar-refractivity contribution is -0.146. The molecule has 1 amide bonds. The van der Waals surface area contributed by atoms with Crippen LogP contribution in [0.2, 0.25) is 0 Å². The number of methoxy groups -OCH3 is 1. The van der Waals surface area contributed by atoms with Crippen molar-refractivity contribution in [3.05, 3.63) is 29.3 Å². The summed E-state index contributed by atoms with van der Waals surface area (Å²) in [6.45, 7) is 9.87. The Hall–Kier alpha value is -2.04. The van der Waals surface area contributed by atoms with Gasteiger partial charge in [0.25, 0.3) is 5.91 Å². The summed E-state index contributed by atoms with van der Waals surface area (Å²) in [6, 6.07) is 5.31. The van der Waals surface area contributed by atoms with E-state index < -0.39 is 12.0 Å². The summed E-state index contributed by atoms with van der Waals surface area (Å²) < 4.78 is 10.5. The third-order valence-corrected chi connectivity index (χ3v) is 4.13. The maximum absolute atomic E-state index is 12.2. The van der Waals surface area contributed by atoms with Crippen LogP contribution in [0.25, 0.3) is 0 Å². The zero-order valence-electron chi connectivity index (χ0n) is 15.5. The maximum Gasteiger partial charge on any atom is 0.328 e. The van der Waals surface area contributed by atoms with Crippen molar-refractivity contribution in [2.24, 2.45) is 5.92 Å². The van der Waals surface area contributed by atoms with E-state index in [2.05, 4.69) is 19.2 Å². The van der Waals surface area contributed by atoms with E-state index in [4.69, 9.17) is 9.47 Å². The molecule has 0 aliphatic heterocycles. The van der Waals surface area contributed by atoms with Gasteiger partial charge in [0.1, 0.15) is 11.8 Å². The third kappa shape index (κ3) is 5.55. The van der Waals surface area contributed by atoms with Crippen LogP contribution < -0.4 is 10.1 Å². The lowest BCUT2D eigenvalue weighted by atomic mass is 9.99. The molecule has 1 aromatic carbocycles. The zero-order valence-corrected chi connectivity index (χ0v) is 15.5. The number of nitrogens with one attached hydrogen (secondary N) is 1. The SMILES string of the molecule is CC[C@H](C)[C@@H](NC(=O)COc1cc(C)ccc1C(C)C)C(=O)OC. The molecule has 0 bridgehead atoms. The fourth-order valence-corrected chi connectivity index (χ4v) is 2.40. The summed E-state index contributed by atoms with van der Waals surface area (Å²) >= 11 is 0. The second-order valence-corrected chi connectivity index (χ2v) is 6.44. The lowest BCUT2D eigenvalue weighted by Crippen LogP contribution is -2.47. The predicted molar refractivity (Wildman–Crippen MR) is 94.2 cm³/mol. The van der Waals surface area contributed by atoms with Crippen LogP contribution in [0.1, 0.15) is 51.2 Å². The summed E-state index contributed by atoms with van der Waals surface area (Å²) in [4.78, 5) is 24.0. The van der Waals surface area contributed by atoms with Crippen LogP contribution in [0.3, 0.4) is 0 Å². The van der Waals surface area contributed by atoms with Gasteiger partial charge in [0.15, 0.2) is 6.61 Å². The highest BCUT2D eigenvalue weighted by Crippen LogP contribution is 2.27. The molecule has 1 N–H and O–H groups in total. The Morgan fingerprint density at radius 3 is 2.42 bits per heavy atom. The highest BCUT2D eigenvalue weighted by Gasteiger charge is 2.26. The molecule has 0 aromatic heterocycles. The third-order valence-electron chi connectivity index (χ3n) is 4.13. The number of carbonyl (C=O) groups excluding carboxylic acids is 2. The Morgan fingerprint density at radius 1 is 1.21 bits per heavy atom. The Labute approximate surface area is 144 Å². The van der Waals surface area contributed by atoms with Crippen molar-refractivity contribution in [1.29, 1.82) is 0 Å². The largest absolute Gasteiger partial charge is 0.483 e. The van der Waals surface area contributed by atoms with Crippen LogP contribution in [-0.4, -0.2) is 31.6 Å². The molecule has 0 aliphatic carbocycles. The minimum Gasteiger partial charge on any atom is -0.483 e. The van der Waals surface area contributed by atoms with Crippen LogP contribution in [0.5, 0.6) is 5.75 Å². The van der Waals surface area contributed by atoms with Crippen LogP contribution in [0.15, 0.2) is 18.2 Å². The van der Waals surface area contributed by atoms with Crippen molar-refractivity contribution in [3.8, 4) is 5.75 Å². The molecule has 5 heteroatoms. The normalized spacial score (nSPS) is 13.3. The number of benzene rings is 1. The van der Waals surface area contributed by atoms with Gasteiger partial charge in [0.2, 0.25) is 0 Å². The Kier molecular flexibility index (Phi) is 7.75. The van der Waals surface area contributed by atoms with E-state index in [0.717, 1.165) is 17.5 Å². The first-order valence-electron chi connectivity index (χ1n) is 8.40. The summed E-state index contributed by atoms with van der Waals surface area (Å²) in [5, 5.41) is 2.71. The van der Waals surface area contributed by atoms with E-state index in [1.54, 1.807) is 0 Å². The lowest BCUT2D eigenvalue weighted by Gasteiger charge is -2.22. The standard InChI is InChI=1S/C19H29NO4/c1-7-14(5)18(19(22)23-6)20-17(21)11-24-16-10-13(4)8-9-15(16)12(2)3/h8-10,12,14,18H,7,11H2,1-6H3,(H,20,21)/t14-,18+/m0/s1. The van der Waals surface area contributed by atoms with Gasteiger partial charge in [-0.15, -0.1) is 0 Å². The average Bonchev–Trinajstić information content (AvgIpc) is 2.56. The molecule has 2 atom stereocenters. The van der Waals surface area contributed by atoms with Crippen molar-refractivity contribution in [2.45, 2.75) is 53.0 Å². The number of hydrogen-bond acceptors (Lipinski definition) is 4. The fourth-order valence-electron chi connectivity index (χ4n) is 2.40. The molecule has 0 radical (unpaired) electrons. The van der Waals surface area contributed by atoms with Crippen molar-refractivity contribution in [3.63, 3.8) is 0 Å². The highest BCUT2D eigenvalue weighted by atomic mass is 16.5. The number of amides is 1. The van der Waals surface area contributed by atoms with Gasteiger partial charge in [-0.1, -0.05) is 46.2 Å². The molecule has 5 nitrogen and oxygen atoms in total. The van der Waals surface area contributed by atoms with E-state index in [1.165, 1.54) is 7.11 Å². The molecule has 134 valence electrons. The molecule has 24 heavy (non-hydrogen) atoms. The molecule has 0 spiro atoms. The van der Waals surface area contributed by atoms with Crippen LogP contribution in [-0.2, 0) is 14.3 Å². The topological polar surface area (TPSA) is 64.6 Å². The molecule has 1 rings (SSSR count). The number of hydrogen-bond donors (Lipinski definition) is 1. The quantitative estimate of drug-likeness (QED) is 0.741. The smallest absolute Gasteiger partial charge is 0.328 e. The molecule has 0 saturated carbocycles. The number of ether oxygens (including phenoxy) is 2. The average molecular weight is 335 g/mol. The van der Waals surface area contributed by atoms with Gasteiger partial charge in [-0.3, -0.25) is 4.79 Å². The number of esters is 1. The first-order valence-corrected chi connectivity index (χ1v) is 8.40. The van der Waals surface area contributed by atoms with Crippen LogP contribution in [0, 0.1) is 12.8 Å². The molecule has 0 aliphatic rings. The minimum absolute atomic E-state index is 0.00778. The molecular formula is C19H29NO4. The van der Waals surface area contributed by atoms with Gasteiger partial charge in [-0.05, 0) is 36.0 Å². The second-order valence-electron chi connectivity index (χ2n) is 6.44. The molecule has 0 heterocycles. The van der Waals surface area contributed by atoms with Crippen molar-refractivity contribution in [1.82, 2.24) is 5.32 Å². The summed E-state index contributed by atoms with van der Waals surface area (Å²) in [6.07, 6.45) is 0.760. The molecule has 1 aromatic rings. The number of aryl methyl sites for hydroxylation is 1. The Balaban J connectivity index is 2.75. The first-order chi connectivity index (χ1) is 11.3. The van der Waals surface area contributed by atoms with Gasteiger partial charge in [-0.2, -0.15) is 0 Å². The number of rotatable bonds is 8. The van der Waals surface area contributed by atoms with Crippen molar-refractivity contribution >= 4 is 11.9 Å². The minimum atomic E-state index is -0.654. The number of carbonyl (C=O) groups is 2. The first kappa shape index (κ1) is 20.0. The molecular weight excluding hydrogens is 306 g/mol. The summed E-state index contributed by atoms with van der Waals surface area (Å²) in [7, 11) is 1.32. The van der Waals surface area contributed by atoms with Crippen LogP contribution >= 0.6 is 0 Å². The zero-order chi connectivity index (χ0) is 18.3. The molecule has 0 fully saturated rings. The van der Waals surface area contributed by atoms with Crippen molar-refractivity contribution < 1.29 is 19.1 Å². The van der Waals surface area contributed by atoms with E-state index in [-0.39, 0.29) is 18.4 Å². The van der Waals surface area contributed by atoms with Gasteiger partial charge in [0.05, 0.1) is 7.11 Å². The van der Waals surface area contributed by atoms with E-state index >= 15 is 0 Å². The molecule has 0 unspecified atom stereocenters. The maximum atomic E-state index is 12.2. The Bertz CT molecular complexity index is 568. The van der Waals surface area contributed by atoms with Gasteiger partial charge >= 0.3 is 5.97 Å². The van der Waals surface area contributed by atoms with E-state index in [9.17, 15) is 9.59 Å². The van der Waals surface area contributed by atoms with Gasteiger partial charge < -0.3 is 14.8 Å². The summed E-state index contributed by atoms with van der Waals surface area (Å²) in [5.74, 6) is 0.231. The van der Waals surface area contributed by atoms with E-state index in [0.29, 0.717) is 11.7 Å². The van der Waals surface area contributed by atoms with E-state index in [1.807, 2.05) is 39.0 Å². The second kappa shape index (κ2) is 9.30. The van der Waals surface area contributed by atoms with Gasteiger partial charge in [0, 0.05) is 0 Å². The highest BCUT2D eigenvalue weighted by molar-refractivity contribution is 5.85. The van der Waals surface area contributed by atoms with Crippen molar-refractivity contribution in [2.75, 3.05) is 13.7 Å². The summed E-state index contributed by atoms with van der Waals surface area (Å²) in [5.41, 5.74) is 2.13. The Morgan fingerprint density at radius 2 is 1.88 bits per heavy atom. The van der Waals surface area contributed by atoms with Gasteiger partial charge in [-0.25, -0.2) is 4.79 Å².